The van der Waals surface area contributed by atoms with Gasteiger partial charge in [-0.1, -0.05) is 91.0 Å². The average molecular weight is 631 g/mol. The molecule has 0 aliphatic carbocycles. The molecule has 1 aromatic heterocycles. The lowest BCUT2D eigenvalue weighted by Gasteiger charge is -2.28. The lowest BCUT2D eigenvalue weighted by Crippen LogP contribution is -2.44. The monoisotopic (exact) mass is 630 g/mol. The van der Waals surface area contributed by atoms with Crippen molar-refractivity contribution >= 4 is 28.9 Å². The van der Waals surface area contributed by atoms with Crippen LogP contribution < -0.4 is 9.91 Å². The Hall–Kier alpha value is -5.19. The molecule has 6 rings (SSSR count). The van der Waals surface area contributed by atoms with E-state index in [4.69, 9.17) is 0 Å². The Balaban J connectivity index is 1.22. The van der Waals surface area contributed by atoms with E-state index in [1.54, 1.807) is 35.9 Å². The highest BCUT2D eigenvalue weighted by atomic mass is 16.3. The molecule has 0 bridgehead atoms. The van der Waals surface area contributed by atoms with Crippen molar-refractivity contribution in [3.05, 3.63) is 132 Å². The maximum absolute atomic E-state index is 13.8. The van der Waals surface area contributed by atoms with Gasteiger partial charge in [0, 0.05) is 43.6 Å². The maximum atomic E-state index is 13.8. The van der Waals surface area contributed by atoms with E-state index in [0.29, 0.717) is 48.4 Å². The van der Waals surface area contributed by atoms with E-state index in [0.717, 1.165) is 16.8 Å². The molecule has 240 valence electrons. The van der Waals surface area contributed by atoms with Crippen molar-refractivity contribution in [2.75, 3.05) is 23.1 Å². The number of carbonyl (C=O) groups is 2. The van der Waals surface area contributed by atoms with E-state index in [2.05, 4.69) is 22.0 Å². The Bertz CT molecular complexity index is 1820. The van der Waals surface area contributed by atoms with Gasteiger partial charge in [-0.15, -0.1) is 11.7 Å². The van der Waals surface area contributed by atoms with Gasteiger partial charge in [0.2, 0.25) is 5.91 Å². The third-order valence-electron chi connectivity index (χ3n) is 8.86. The first kappa shape index (κ1) is 31.8. The summed E-state index contributed by atoms with van der Waals surface area (Å²) in [5, 5.41) is 36.7. The minimum Gasteiger partial charge on any atom is -0.395 e. The number of aromatic nitrogens is 3. The summed E-state index contributed by atoms with van der Waals surface area (Å²) in [6.07, 6.45) is 8.62. The molecule has 0 fully saturated rings. The fourth-order valence-corrected chi connectivity index (χ4v) is 6.25. The number of rotatable bonds is 12. The summed E-state index contributed by atoms with van der Waals surface area (Å²) in [5.41, 5.74) is 3.02. The summed E-state index contributed by atoms with van der Waals surface area (Å²) in [6, 6.07) is 24.7. The summed E-state index contributed by atoms with van der Waals surface area (Å²) in [7, 11) is 0. The number of carbonyl (C=O) groups excluding carboxylic acids is 2. The van der Waals surface area contributed by atoms with E-state index in [9.17, 15) is 19.8 Å². The van der Waals surface area contributed by atoms with Crippen LogP contribution >= 0.6 is 0 Å². The quantitative estimate of drug-likeness (QED) is 0.214. The van der Waals surface area contributed by atoms with Crippen molar-refractivity contribution in [3.63, 3.8) is 0 Å². The van der Waals surface area contributed by atoms with E-state index in [1.807, 2.05) is 79.0 Å². The van der Waals surface area contributed by atoms with Gasteiger partial charge in [-0.3, -0.25) is 14.3 Å². The van der Waals surface area contributed by atoms with Crippen LogP contribution in [-0.2, 0) is 21.7 Å². The van der Waals surface area contributed by atoms with Crippen LogP contribution in [0.1, 0.15) is 54.5 Å². The first-order chi connectivity index (χ1) is 22.8. The van der Waals surface area contributed by atoms with Gasteiger partial charge >= 0.3 is 0 Å². The van der Waals surface area contributed by atoms with Crippen molar-refractivity contribution in [1.29, 1.82) is 0 Å². The molecule has 0 saturated carbocycles. The predicted molar refractivity (Wildman–Crippen MR) is 181 cm³/mol. The molecule has 0 spiro atoms. The average Bonchev–Trinajstić information content (AvgIpc) is 3.65. The Labute approximate surface area is 274 Å². The molecule has 0 saturated heterocycles. The van der Waals surface area contributed by atoms with E-state index < -0.39 is 17.4 Å². The van der Waals surface area contributed by atoms with E-state index >= 15 is 0 Å². The molecule has 47 heavy (non-hydrogen) atoms. The zero-order valence-electron chi connectivity index (χ0n) is 26.3. The Morgan fingerprint density at radius 2 is 1.77 bits per heavy atom. The summed E-state index contributed by atoms with van der Waals surface area (Å²) >= 11 is 0. The minimum absolute atomic E-state index is 0.0781. The molecular weight excluding hydrogens is 592 g/mol. The first-order valence-electron chi connectivity index (χ1n) is 15.8. The normalized spacial score (nSPS) is 19.2. The Kier molecular flexibility index (Phi) is 9.24. The highest BCUT2D eigenvalue weighted by Crippen LogP contribution is 2.47. The SMILES string of the molecule is C=CCN1C(=O)[C@](O)([C@H](C)/C=C/CCn2cc(C(CO)c3ccccc3)nn2)c2cc(N3N=C(c4ccccc4)CCC3=O)ccc21. The highest BCUT2D eigenvalue weighted by molar-refractivity contribution is 6.10. The van der Waals surface area contributed by atoms with Crippen LogP contribution in [0.2, 0.25) is 0 Å². The number of aliphatic hydroxyl groups is 2. The minimum atomic E-state index is -1.86. The largest absolute Gasteiger partial charge is 0.395 e. The van der Waals surface area contributed by atoms with Gasteiger partial charge < -0.3 is 15.1 Å². The highest BCUT2D eigenvalue weighted by Gasteiger charge is 2.52. The van der Waals surface area contributed by atoms with Gasteiger partial charge in [-0.05, 0) is 35.7 Å². The predicted octanol–water partition coefficient (Wildman–Crippen LogP) is 4.94. The van der Waals surface area contributed by atoms with Crippen LogP contribution in [0.3, 0.4) is 0 Å². The summed E-state index contributed by atoms with van der Waals surface area (Å²) < 4.78 is 1.72. The number of nitrogens with zero attached hydrogens (tertiary/aromatic N) is 6. The second kappa shape index (κ2) is 13.7. The van der Waals surface area contributed by atoms with Crippen LogP contribution in [0.25, 0.3) is 0 Å². The topological polar surface area (TPSA) is 124 Å². The molecule has 3 aromatic carbocycles. The van der Waals surface area contributed by atoms with E-state index in [-0.39, 0.29) is 25.0 Å². The Morgan fingerprint density at radius 3 is 2.49 bits per heavy atom. The van der Waals surface area contributed by atoms with Gasteiger partial charge in [0.15, 0.2) is 5.60 Å². The smallest absolute Gasteiger partial charge is 0.264 e. The molecule has 10 heteroatoms. The van der Waals surface area contributed by atoms with Gasteiger partial charge in [0.05, 0.1) is 35.3 Å². The molecule has 10 nitrogen and oxygen atoms in total. The van der Waals surface area contributed by atoms with Crippen molar-refractivity contribution in [2.45, 2.75) is 44.2 Å². The first-order valence-corrected chi connectivity index (χ1v) is 15.8. The van der Waals surface area contributed by atoms with E-state index in [1.165, 1.54) is 9.91 Å². The fourth-order valence-electron chi connectivity index (χ4n) is 6.25. The van der Waals surface area contributed by atoms with Gasteiger partial charge in [0.25, 0.3) is 5.91 Å². The number of amides is 2. The number of hydrogen-bond acceptors (Lipinski definition) is 7. The third kappa shape index (κ3) is 6.17. The number of anilines is 2. The zero-order chi connectivity index (χ0) is 33.0. The molecule has 4 aromatic rings. The number of hydrogen-bond donors (Lipinski definition) is 2. The third-order valence-corrected chi connectivity index (χ3v) is 8.86. The standard InChI is InChI=1S/C37H38N6O4/c1-3-21-42-34-19-17-29(43-35(45)20-18-32(39-43)28-15-8-5-9-16-28)23-31(34)37(47,36(42)46)26(2)12-10-11-22-41-24-33(38-40-41)30(25-44)27-13-6-4-7-14-27/h3-10,12-17,19,23-24,26,30,44,47H,1,11,18,20-22,25H2,2H3/b12-10+/t26-,30?,37+/m1/s1. The van der Waals surface area contributed by atoms with Crippen LogP contribution in [0.15, 0.2) is 115 Å². The number of fused-ring (bicyclic) bond motifs is 1. The summed E-state index contributed by atoms with van der Waals surface area (Å²) in [4.78, 5) is 28.4. The van der Waals surface area contributed by atoms with Crippen LogP contribution in [0.5, 0.6) is 0 Å². The van der Waals surface area contributed by atoms with Crippen molar-refractivity contribution < 1.29 is 19.8 Å². The molecule has 3 heterocycles. The summed E-state index contributed by atoms with van der Waals surface area (Å²) in [5.74, 6) is -1.46. The molecule has 2 aliphatic heterocycles. The number of aryl methyl sites for hydroxylation is 1. The lowest BCUT2D eigenvalue weighted by atomic mass is 9.82. The molecule has 1 unspecified atom stereocenters. The number of benzene rings is 3. The van der Waals surface area contributed by atoms with Crippen LogP contribution in [-0.4, -0.2) is 55.9 Å². The number of allylic oxidation sites excluding steroid dienone is 1. The van der Waals surface area contributed by atoms with Crippen molar-refractivity contribution in [1.82, 2.24) is 15.0 Å². The second-order valence-corrected chi connectivity index (χ2v) is 11.8. The van der Waals surface area contributed by atoms with Crippen LogP contribution in [0, 0.1) is 5.92 Å². The van der Waals surface area contributed by atoms with Gasteiger partial charge in [-0.2, -0.15) is 5.10 Å². The molecule has 2 amide bonds. The van der Waals surface area contributed by atoms with Crippen molar-refractivity contribution in [3.8, 4) is 0 Å². The summed E-state index contributed by atoms with van der Waals surface area (Å²) in [6.45, 7) is 6.28. The second-order valence-electron chi connectivity index (χ2n) is 11.8. The fraction of sp³-hybridized carbons (Fsp3) is 0.270. The maximum Gasteiger partial charge on any atom is 0.264 e. The van der Waals surface area contributed by atoms with Crippen LogP contribution in [0.4, 0.5) is 11.4 Å². The molecule has 2 N–H and O–H groups in total. The van der Waals surface area contributed by atoms with Crippen molar-refractivity contribution in [2.24, 2.45) is 11.0 Å². The van der Waals surface area contributed by atoms with Gasteiger partial charge in [-0.25, -0.2) is 5.01 Å². The lowest BCUT2D eigenvalue weighted by molar-refractivity contribution is -0.139. The molecular formula is C37H38N6O4. The Morgan fingerprint density at radius 1 is 1.02 bits per heavy atom. The number of hydrazone groups is 1. The molecule has 0 radical (unpaired) electrons. The molecule has 3 atom stereocenters. The van der Waals surface area contributed by atoms with Gasteiger partial charge in [0.1, 0.15) is 0 Å². The zero-order valence-corrected chi connectivity index (χ0v) is 26.3. The number of aliphatic hydroxyl groups excluding tert-OH is 1. The molecule has 2 aliphatic rings.